The first-order valence-electron chi connectivity index (χ1n) is 6.19. The Balaban J connectivity index is 2.32. The normalized spacial score (nSPS) is 11.1. The minimum absolute atomic E-state index is 0.0545. The lowest BCUT2D eigenvalue weighted by Gasteiger charge is -2.11. The van der Waals surface area contributed by atoms with Crippen molar-refractivity contribution in [1.29, 1.82) is 0 Å². The summed E-state index contributed by atoms with van der Waals surface area (Å²) in [6.07, 6.45) is 2.69. The summed E-state index contributed by atoms with van der Waals surface area (Å²) in [5, 5.41) is 7.13. The number of anilines is 1. The third kappa shape index (κ3) is 3.64. The molecule has 0 amide bonds. The van der Waals surface area contributed by atoms with Gasteiger partial charge >= 0.3 is 0 Å². The maximum absolute atomic E-state index is 12.2. The Morgan fingerprint density at radius 2 is 2.14 bits per heavy atom. The second-order valence-electron chi connectivity index (χ2n) is 3.98. The summed E-state index contributed by atoms with van der Waals surface area (Å²) in [6, 6.07) is 4.47. The van der Waals surface area contributed by atoms with Crippen molar-refractivity contribution >= 4 is 16.0 Å². The molecule has 112 valence electrons. The molecule has 1 heterocycles. The molecular formula is C12H15N5O3S. The van der Waals surface area contributed by atoms with Crippen molar-refractivity contribution in [3.05, 3.63) is 36.2 Å². The van der Waals surface area contributed by atoms with Crippen molar-refractivity contribution in [2.75, 3.05) is 11.3 Å². The van der Waals surface area contributed by atoms with Crippen molar-refractivity contribution in [2.24, 2.45) is 5.73 Å². The highest BCUT2D eigenvalue weighted by atomic mass is 32.2. The Labute approximate surface area is 122 Å². The monoisotopic (exact) mass is 309 g/mol. The van der Waals surface area contributed by atoms with Gasteiger partial charge in [-0.25, -0.2) is 18.1 Å². The van der Waals surface area contributed by atoms with E-state index in [1.165, 1.54) is 24.5 Å². The van der Waals surface area contributed by atoms with Gasteiger partial charge in [-0.3, -0.25) is 0 Å². The largest absolute Gasteiger partial charge is 0.494 e. The molecule has 1 aromatic heterocycles. The van der Waals surface area contributed by atoms with Gasteiger partial charge in [0.2, 0.25) is 0 Å². The summed E-state index contributed by atoms with van der Waals surface area (Å²) in [4.78, 5) is 3.82. The first-order chi connectivity index (χ1) is 10.1. The standard InChI is InChI=1S/C12H15N5O3S/c1-2-20-11-4-3-10(7-9(11)8-13)21(18,19)17-12-14-5-6-15-16-12/h3-7H,2,8,13H2,1H3,(H,14,16,17). The van der Waals surface area contributed by atoms with Gasteiger partial charge in [-0.1, -0.05) is 0 Å². The summed E-state index contributed by atoms with van der Waals surface area (Å²) in [7, 11) is -3.80. The van der Waals surface area contributed by atoms with Gasteiger partial charge in [-0.05, 0) is 25.1 Å². The molecule has 0 fully saturated rings. The fraction of sp³-hybridized carbons (Fsp3) is 0.250. The van der Waals surface area contributed by atoms with Crippen LogP contribution in [0.5, 0.6) is 5.75 Å². The second kappa shape index (κ2) is 6.46. The molecule has 1 aromatic carbocycles. The van der Waals surface area contributed by atoms with E-state index < -0.39 is 10.0 Å². The Morgan fingerprint density at radius 3 is 2.76 bits per heavy atom. The molecule has 2 aromatic rings. The fourth-order valence-electron chi connectivity index (χ4n) is 1.65. The number of nitrogens with zero attached hydrogens (tertiary/aromatic N) is 3. The van der Waals surface area contributed by atoms with Crippen LogP contribution in [0.2, 0.25) is 0 Å². The lowest BCUT2D eigenvalue weighted by atomic mass is 10.2. The molecule has 0 unspecified atom stereocenters. The van der Waals surface area contributed by atoms with Crippen LogP contribution in [0, 0.1) is 0 Å². The molecule has 9 heteroatoms. The predicted octanol–water partition coefficient (Wildman–Crippen LogP) is 0.530. The van der Waals surface area contributed by atoms with Gasteiger partial charge in [0.1, 0.15) is 5.75 Å². The third-order valence-corrected chi connectivity index (χ3v) is 3.90. The third-order valence-electron chi connectivity index (χ3n) is 2.57. The first-order valence-corrected chi connectivity index (χ1v) is 7.67. The number of hydrogen-bond acceptors (Lipinski definition) is 7. The van der Waals surface area contributed by atoms with E-state index in [0.29, 0.717) is 17.9 Å². The van der Waals surface area contributed by atoms with Crippen LogP contribution in [0.1, 0.15) is 12.5 Å². The molecule has 8 nitrogen and oxygen atoms in total. The Morgan fingerprint density at radius 1 is 1.33 bits per heavy atom. The second-order valence-corrected chi connectivity index (χ2v) is 5.66. The quantitative estimate of drug-likeness (QED) is 0.798. The predicted molar refractivity (Wildman–Crippen MR) is 76.1 cm³/mol. The van der Waals surface area contributed by atoms with E-state index in [9.17, 15) is 8.42 Å². The summed E-state index contributed by atoms with van der Waals surface area (Å²) in [6.45, 7) is 2.48. The van der Waals surface area contributed by atoms with Crippen LogP contribution in [0.15, 0.2) is 35.5 Å². The van der Waals surface area contributed by atoms with Gasteiger partial charge in [-0.2, -0.15) is 5.10 Å². The smallest absolute Gasteiger partial charge is 0.264 e. The molecule has 0 aliphatic rings. The van der Waals surface area contributed by atoms with Crippen LogP contribution >= 0.6 is 0 Å². The van der Waals surface area contributed by atoms with Crippen LogP contribution in [0.25, 0.3) is 0 Å². The number of hydrogen-bond donors (Lipinski definition) is 2. The van der Waals surface area contributed by atoms with Gasteiger partial charge < -0.3 is 10.5 Å². The van der Waals surface area contributed by atoms with E-state index in [0.717, 1.165) is 0 Å². The first kappa shape index (κ1) is 15.1. The summed E-state index contributed by atoms with van der Waals surface area (Å²) >= 11 is 0. The van der Waals surface area contributed by atoms with Gasteiger partial charge in [0.25, 0.3) is 16.0 Å². The van der Waals surface area contributed by atoms with Gasteiger partial charge in [0.15, 0.2) is 0 Å². The average Bonchev–Trinajstić information content (AvgIpc) is 2.48. The lowest BCUT2D eigenvalue weighted by Crippen LogP contribution is -2.16. The van der Waals surface area contributed by atoms with Gasteiger partial charge in [0.05, 0.1) is 23.9 Å². The van der Waals surface area contributed by atoms with E-state index in [1.807, 2.05) is 6.92 Å². The number of sulfonamides is 1. The van der Waals surface area contributed by atoms with Crippen molar-refractivity contribution in [3.8, 4) is 5.75 Å². The molecular weight excluding hydrogens is 294 g/mol. The fourth-order valence-corrected chi connectivity index (χ4v) is 2.65. The minimum Gasteiger partial charge on any atom is -0.494 e. The number of nitrogens with two attached hydrogens (primary N) is 1. The highest BCUT2D eigenvalue weighted by Gasteiger charge is 2.17. The van der Waals surface area contributed by atoms with Crippen molar-refractivity contribution in [2.45, 2.75) is 18.4 Å². The number of ether oxygens (including phenoxy) is 1. The maximum atomic E-state index is 12.2. The van der Waals surface area contributed by atoms with Crippen molar-refractivity contribution in [3.63, 3.8) is 0 Å². The Hall–Kier alpha value is -2.26. The SMILES string of the molecule is CCOc1ccc(S(=O)(=O)Nc2nccnn2)cc1CN. The van der Waals surface area contributed by atoms with Crippen LogP contribution in [0.3, 0.4) is 0 Å². The van der Waals surface area contributed by atoms with Crippen molar-refractivity contribution < 1.29 is 13.2 Å². The van der Waals surface area contributed by atoms with Crippen LogP contribution < -0.4 is 15.2 Å². The van der Waals surface area contributed by atoms with E-state index in [1.54, 1.807) is 6.07 Å². The number of rotatable bonds is 6. The van der Waals surface area contributed by atoms with Crippen molar-refractivity contribution in [1.82, 2.24) is 15.2 Å². The summed E-state index contributed by atoms with van der Waals surface area (Å²) in [5.41, 5.74) is 6.22. The molecule has 0 saturated carbocycles. The van der Waals surface area contributed by atoms with E-state index in [2.05, 4.69) is 19.9 Å². The molecule has 21 heavy (non-hydrogen) atoms. The molecule has 2 rings (SSSR count). The molecule has 3 N–H and O–H groups in total. The summed E-state index contributed by atoms with van der Waals surface area (Å²) < 4.78 is 32.1. The van der Waals surface area contributed by atoms with Crippen LogP contribution in [-0.2, 0) is 16.6 Å². The van der Waals surface area contributed by atoms with E-state index in [4.69, 9.17) is 10.5 Å². The molecule has 0 radical (unpaired) electrons. The van der Waals surface area contributed by atoms with E-state index >= 15 is 0 Å². The van der Waals surface area contributed by atoms with Gasteiger partial charge in [-0.15, -0.1) is 5.10 Å². The Bertz CT molecular complexity index is 706. The molecule has 0 aliphatic carbocycles. The minimum atomic E-state index is -3.80. The number of nitrogens with one attached hydrogen (secondary N) is 1. The molecule has 0 spiro atoms. The van der Waals surface area contributed by atoms with Gasteiger partial charge in [0, 0.05) is 12.1 Å². The number of benzene rings is 1. The molecule has 0 aliphatic heterocycles. The zero-order chi connectivity index (χ0) is 15.3. The molecule has 0 saturated heterocycles. The van der Waals surface area contributed by atoms with E-state index in [-0.39, 0.29) is 17.4 Å². The average molecular weight is 309 g/mol. The zero-order valence-electron chi connectivity index (χ0n) is 11.4. The Kier molecular flexibility index (Phi) is 4.66. The van der Waals surface area contributed by atoms with Crippen LogP contribution in [0.4, 0.5) is 5.95 Å². The number of aromatic nitrogens is 3. The topological polar surface area (TPSA) is 120 Å². The highest BCUT2D eigenvalue weighted by Crippen LogP contribution is 2.23. The lowest BCUT2D eigenvalue weighted by molar-refractivity contribution is 0.336. The summed E-state index contributed by atoms with van der Waals surface area (Å²) in [5.74, 6) is 0.470. The maximum Gasteiger partial charge on any atom is 0.264 e. The molecule has 0 bridgehead atoms. The molecule has 0 atom stereocenters. The highest BCUT2D eigenvalue weighted by molar-refractivity contribution is 7.92. The zero-order valence-corrected chi connectivity index (χ0v) is 12.2. The van der Waals surface area contributed by atoms with Crippen LogP contribution in [-0.4, -0.2) is 30.2 Å².